The van der Waals surface area contributed by atoms with Crippen LogP contribution in [0.15, 0.2) is 53.4 Å². The zero-order valence-electron chi connectivity index (χ0n) is 14.5. The molecule has 0 saturated carbocycles. The van der Waals surface area contributed by atoms with Crippen LogP contribution in [-0.2, 0) is 6.54 Å². The molecule has 2 aromatic rings. The van der Waals surface area contributed by atoms with Crippen molar-refractivity contribution in [2.45, 2.75) is 31.7 Å². The standard InChI is InChI=1S/C20H25NO2S/c1-15(2)12-13-23-18-8-6-17(7-9-18)20(22)21-14-16-4-10-19(24-3)11-5-16/h4-11,15H,12-14H2,1-3H3,(H,21,22). The summed E-state index contributed by atoms with van der Waals surface area (Å²) >= 11 is 1.71. The minimum Gasteiger partial charge on any atom is -0.494 e. The molecule has 0 unspecified atom stereocenters. The maximum Gasteiger partial charge on any atom is 0.251 e. The number of rotatable bonds is 8. The molecule has 0 saturated heterocycles. The first kappa shape index (κ1) is 18.4. The number of carbonyl (C=O) groups is 1. The Bertz CT molecular complexity index is 636. The number of ether oxygens (including phenoxy) is 1. The van der Waals surface area contributed by atoms with Crippen LogP contribution in [-0.4, -0.2) is 18.8 Å². The lowest BCUT2D eigenvalue weighted by molar-refractivity contribution is 0.0951. The molecule has 1 N–H and O–H groups in total. The Labute approximate surface area is 148 Å². The number of amides is 1. The van der Waals surface area contributed by atoms with Gasteiger partial charge >= 0.3 is 0 Å². The van der Waals surface area contributed by atoms with Crippen molar-refractivity contribution in [2.24, 2.45) is 5.92 Å². The highest BCUT2D eigenvalue weighted by atomic mass is 32.2. The van der Waals surface area contributed by atoms with Crippen molar-refractivity contribution < 1.29 is 9.53 Å². The van der Waals surface area contributed by atoms with Gasteiger partial charge in [-0.1, -0.05) is 26.0 Å². The van der Waals surface area contributed by atoms with Crippen LogP contribution < -0.4 is 10.1 Å². The van der Waals surface area contributed by atoms with E-state index < -0.39 is 0 Å². The first-order valence-corrected chi connectivity index (χ1v) is 9.45. The fourth-order valence-corrected chi connectivity index (χ4v) is 2.55. The Morgan fingerprint density at radius 1 is 1.08 bits per heavy atom. The molecule has 0 heterocycles. The minimum absolute atomic E-state index is 0.0716. The number of hydrogen-bond donors (Lipinski definition) is 1. The van der Waals surface area contributed by atoms with Gasteiger partial charge in [-0.25, -0.2) is 0 Å². The largest absolute Gasteiger partial charge is 0.494 e. The van der Waals surface area contributed by atoms with E-state index in [-0.39, 0.29) is 5.91 Å². The second kappa shape index (κ2) is 9.38. The molecule has 0 atom stereocenters. The third-order valence-corrected chi connectivity index (χ3v) is 4.44. The number of carbonyl (C=O) groups excluding carboxylic acids is 1. The van der Waals surface area contributed by atoms with E-state index in [0.717, 1.165) is 17.7 Å². The second-order valence-electron chi connectivity index (χ2n) is 6.09. The molecule has 0 aliphatic heterocycles. The molecule has 0 radical (unpaired) electrons. The van der Waals surface area contributed by atoms with E-state index in [2.05, 4.69) is 31.3 Å². The normalized spacial score (nSPS) is 10.7. The molecule has 0 bridgehead atoms. The highest BCUT2D eigenvalue weighted by Crippen LogP contribution is 2.15. The number of hydrogen-bond acceptors (Lipinski definition) is 3. The van der Waals surface area contributed by atoms with Crippen molar-refractivity contribution in [3.8, 4) is 5.75 Å². The summed E-state index contributed by atoms with van der Waals surface area (Å²) in [5.41, 5.74) is 1.74. The van der Waals surface area contributed by atoms with Gasteiger partial charge in [0.05, 0.1) is 6.61 Å². The van der Waals surface area contributed by atoms with E-state index in [0.29, 0.717) is 24.6 Å². The molecule has 0 aliphatic rings. The predicted octanol–water partition coefficient (Wildman–Crippen LogP) is 4.76. The summed E-state index contributed by atoms with van der Waals surface area (Å²) in [6, 6.07) is 15.5. The molecule has 0 aliphatic carbocycles. The molecular weight excluding hydrogens is 318 g/mol. The molecule has 0 aromatic heterocycles. The summed E-state index contributed by atoms with van der Waals surface area (Å²) < 4.78 is 5.67. The van der Waals surface area contributed by atoms with Crippen molar-refractivity contribution >= 4 is 17.7 Å². The lowest BCUT2D eigenvalue weighted by Gasteiger charge is -2.09. The van der Waals surface area contributed by atoms with Crippen LogP contribution in [0.4, 0.5) is 0 Å². The van der Waals surface area contributed by atoms with Gasteiger partial charge in [-0.05, 0) is 60.6 Å². The van der Waals surface area contributed by atoms with Crippen LogP contribution in [0.1, 0.15) is 36.2 Å². The summed E-state index contributed by atoms with van der Waals surface area (Å²) in [7, 11) is 0. The molecule has 1 amide bonds. The average Bonchev–Trinajstić information content (AvgIpc) is 2.60. The SMILES string of the molecule is CSc1ccc(CNC(=O)c2ccc(OCCC(C)C)cc2)cc1. The van der Waals surface area contributed by atoms with Gasteiger partial charge < -0.3 is 10.1 Å². The van der Waals surface area contributed by atoms with E-state index in [1.807, 2.05) is 30.5 Å². The predicted molar refractivity (Wildman–Crippen MR) is 101 cm³/mol. The Balaban J connectivity index is 1.83. The monoisotopic (exact) mass is 343 g/mol. The van der Waals surface area contributed by atoms with Crippen molar-refractivity contribution in [1.82, 2.24) is 5.32 Å². The fourth-order valence-electron chi connectivity index (χ4n) is 2.14. The summed E-state index contributed by atoms with van der Waals surface area (Å²) in [4.78, 5) is 13.4. The molecule has 0 fully saturated rings. The first-order valence-electron chi connectivity index (χ1n) is 8.22. The smallest absolute Gasteiger partial charge is 0.251 e. The molecule has 2 rings (SSSR count). The van der Waals surface area contributed by atoms with E-state index in [4.69, 9.17) is 4.74 Å². The molecule has 2 aromatic carbocycles. The lowest BCUT2D eigenvalue weighted by atomic mass is 10.1. The van der Waals surface area contributed by atoms with E-state index in [1.54, 1.807) is 23.9 Å². The quantitative estimate of drug-likeness (QED) is 0.702. The van der Waals surface area contributed by atoms with Crippen LogP contribution >= 0.6 is 11.8 Å². The molecule has 128 valence electrons. The van der Waals surface area contributed by atoms with Crippen LogP contribution in [0.2, 0.25) is 0 Å². The van der Waals surface area contributed by atoms with Crippen LogP contribution in [0.25, 0.3) is 0 Å². The van der Waals surface area contributed by atoms with Gasteiger partial charge in [0.25, 0.3) is 5.91 Å². The first-order chi connectivity index (χ1) is 11.6. The van der Waals surface area contributed by atoms with Gasteiger partial charge in [0, 0.05) is 17.0 Å². The second-order valence-corrected chi connectivity index (χ2v) is 6.97. The Hall–Kier alpha value is -1.94. The van der Waals surface area contributed by atoms with E-state index in [9.17, 15) is 4.79 Å². The van der Waals surface area contributed by atoms with Crippen molar-refractivity contribution in [3.63, 3.8) is 0 Å². The third-order valence-electron chi connectivity index (χ3n) is 3.69. The van der Waals surface area contributed by atoms with Crippen molar-refractivity contribution in [1.29, 1.82) is 0 Å². The molecule has 4 heteroatoms. The van der Waals surface area contributed by atoms with E-state index in [1.165, 1.54) is 4.90 Å². The van der Waals surface area contributed by atoms with Gasteiger partial charge in [0.1, 0.15) is 5.75 Å². The topological polar surface area (TPSA) is 38.3 Å². The van der Waals surface area contributed by atoms with Gasteiger partial charge in [0.15, 0.2) is 0 Å². The zero-order chi connectivity index (χ0) is 17.4. The number of thioether (sulfide) groups is 1. The molecule has 0 spiro atoms. The third kappa shape index (κ3) is 5.93. The van der Waals surface area contributed by atoms with Crippen molar-refractivity contribution in [3.05, 3.63) is 59.7 Å². The van der Waals surface area contributed by atoms with Crippen LogP contribution in [0, 0.1) is 5.92 Å². The minimum atomic E-state index is -0.0716. The van der Waals surface area contributed by atoms with Crippen LogP contribution in [0.5, 0.6) is 5.75 Å². The maximum atomic E-state index is 12.2. The van der Waals surface area contributed by atoms with Crippen molar-refractivity contribution in [2.75, 3.05) is 12.9 Å². The van der Waals surface area contributed by atoms with Crippen LogP contribution in [0.3, 0.4) is 0 Å². The Kier molecular flexibility index (Phi) is 7.19. The van der Waals surface area contributed by atoms with E-state index >= 15 is 0 Å². The summed E-state index contributed by atoms with van der Waals surface area (Å²) in [5.74, 6) is 1.36. The number of benzene rings is 2. The summed E-state index contributed by atoms with van der Waals surface area (Å²) in [5, 5.41) is 2.94. The zero-order valence-corrected chi connectivity index (χ0v) is 15.4. The summed E-state index contributed by atoms with van der Waals surface area (Å²) in [6.45, 7) is 5.58. The van der Waals surface area contributed by atoms with Gasteiger partial charge in [-0.2, -0.15) is 0 Å². The lowest BCUT2D eigenvalue weighted by Crippen LogP contribution is -2.22. The highest BCUT2D eigenvalue weighted by Gasteiger charge is 2.06. The van der Waals surface area contributed by atoms with Gasteiger partial charge in [0.2, 0.25) is 0 Å². The maximum absolute atomic E-state index is 12.2. The summed E-state index contributed by atoms with van der Waals surface area (Å²) in [6.07, 6.45) is 3.07. The average molecular weight is 343 g/mol. The Morgan fingerprint density at radius 2 is 1.75 bits per heavy atom. The number of nitrogens with one attached hydrogen (secondary N) is 1. The Morgan fingerprint density at radius 3 is 2.33 bits per heavy atom. The highest BCUT2D eigenvalue weighted by molar-refractivity contribution is 7.98. The molecule has 24 heavy (non-hydrogen) atoms. The molecular formula is C20H25NO2S. The van der Waals surface area contributed by atoms with Gasteiger partial charge in [-0.3, -0.25) is 4.79 Å². The fraction of sp³-hybridized carbons (Fsp3) is 0.350. The molecule has 3 nitrogen and oxygen atoms in total. The van der Waals surface area contributed by atoms with Gasteiger partial charge in [-0.15, -0.1) is 11.8 Å².